The van der Waals surface area contributed by atoms with E-state index in [0.29, 0.717) is 27.5 Å². The van der Waals surface area contributed by atoms with E-state index in [1.54, 1.807) is 18.2 Å². The number of halogens is 2. The summed E-state index contributed by atoms with van der Waals surface area (Å²) in [5.74, 6) is -0.370. The number of nitrogens with zero attached hydrogens (tertiary/aromatic N) is 5. The van der Waals surface area contributed by atoms with E-state index in [0.717, 1.165) is 0 Å². The van der Waals surface area contributed by atoms with Crippen LogP contribution in [0.2, 0.25) is 5.02 Å². The minimum absolute atomic E-state index is 0.240. The van der Waals surface area contributed by atoms with Crippen molar-refractivity contribution in [2.75, 3.05) is 12.4 Å². The first-order valence-electron chi connectivity index (χ1n) is 10.9. The van der Waals surface area contributed by atoms with E-state index >= 15 is 0 Å². The van der Waals surface area contributed by atoms with Gasteiger partial charge in [-0.15, -0.1) is 0 Å². The Morgan fingerprint density at radius 2 is 2.06 bits per heavy atom. The molecule has 3 unspecified atom stereocenters. The van der Waals surface area contributed by atoms with Crippen LogP contribution in [0.15, 0.2) is 49.1 Å². The van der Waals surface area contributed by atoms with E-state index in [-0.39, 0.29) is 23.8 Å². The first-order chi connectivity index (χ1) is 17.4. The predicted molar refractivity (Wildman–Crippen MR) is 127 cm³/mol. The molecule has 4 N–H and O–H groups in total. The Balaban J connectivity index is 1.58. The van der Waals surface area contributed by atoms with Crippen molar-refractivity contribution in [3.05, 3.63) is 65.5 Å². The number of fused-ring (bicyclic) bond motifs is 1. The number of nitrogens with one attached hydrogen (secondary N) is 2. The summed E-state index contributed by atoms with van der Waals surface area (Å²) in [6, 6.07) is 7.75. The average molecular weight is 514 g/mol. The number of imidazole rings is 1. The second-order valence-corrected chi connectivity index (χ2v) is 8.57. The van der Waals surface area contributed by atoms with Crippen molar-refractivity contribution in [3.63, 3.8) is 0 Å². The zero-order valence-corrected chi connectivity index (χ0v) is 19.6. The maximum atomic E-state index is 13.7. The summed E-state index contributed by atoms with van der Waals surface area (Å²) in [6.45, 7) is 0.240. The van der Waals surface area contributed by atoms with Gasteiger partial charge in [0.25, 0.3) is 5.91 Å². The number of aliphatic hydroxyl groups is 2. The number of carbonyl (C=O) groups is 1. The number of likely N-dealkylation sites (N-methyl/N-ethyl adjacent to an activating group) is 1. The predicted octanol–water partition coefficient (Wildman–Crippen LogP) is 1.66. The van der Waals surface area contributed by atoms with Crippen LogP contribution in [0.3, 0.4) is 0 Å². The molecule has 13 heteroatoms. The number of pyridine rings is 1. The summed E-state index contributed by atoms with van der Waals surface area (Å²) in [5.41, 5.74) is 1.79. The summed E-state index contributed by atoms with van der Waals surface area (Å²) in [6.07, 6.45) is -0.938. The highest BCUT2D eigenvalue weighted by molar-refractivity contribution is 6.30. The quantitative estimate of drug-likeness (QED) is 0.302. The molecule has 4 aromatic rings. The Morgan fingerprint density at radius 3 is 2.81 bits per heavy atom. The second kappa shape index (κ2) is 9.74. The molecule has 36 heavy (non-hydrogen) atoms. The van der Waals surface area contributed by atoms with Gasteiger partial charge in [-0.3, -0.25) is 14.3 Å². The lowest BCUT2D eigenvalue weighted by molar-refractivity contribution is -0.137. The van der Waals surface area contributed by atoms with Gasteiger partial charge in [-0.05, 0) is 23.8 Å². The number of anilines is 1. The zero-order valence-electron chi connectivity index (χ0n) is 18.8. The Labute approximate surface area is 209 Å². The molecule has 0 saturated carbocycles. The van der Waals surface area contributed by atoms with Crippen LogP contribution < -0.4 is 10.6 Å². The molecular formula is C23H21ClFN7O4. The van der Waals surface area contributed by atoms with Crippen LogP contribution in [0.1, 0.15) is 11.8 Å². The maximum absolute atomic E-state index is 13.7. The van der Waals surface area contributed by atoms with Gasteiger partial charge in [-0.2, -0.15) is 0 Å². The van der Waals surface area contributed by atoms with Gasteiger partial charge >= 0.3 is 0 Å². The van der Waals surface area contributed by atoms with E-state index in [4.69, 9.17) is 16.3 Å². The van der Waals surface area contributed by atoms with Crippen LogP contribution in [0.5, 0.6) is 0 Å². The zero-order chi connectivity index (χ0) is 25.4. The molecule has 1 aliphatic heterocycles. The molecule has 11 nitrogen and oxygen atoms in total. The molecule has 1 saturated heterocycles. The van der Waals surface area contributed by atoms with Gasteiger partial charge in [0, 0.05) is 31.5 Å². The smallest absolute Gasteiger partial charge is 0.251 e. The summed E-state index contributed by atoms with van der Waals surface area (Å²) in [4.78, 5) is 29.7. The van der Waals surface area contributed by atoms with Gasteiger partial charge in [-0.1, -0.05) is 23.7 Å². The molecule has 1 aliphatic rings. The third-order valence-electron chi connectivity index (χ3n) is 5.75. The SMILES string of the molecule is CNC(=O)[C@@H]1OC(n2cnc3c(NCc4cccc(F)c4)nc(-c4cncc(Cl)c4)nc32)C(O)C1O. The Bertz CT molecular complexity index is 1430. The van der Waals surface area contributed by atoms with Crippen molar-refractivity contribution >= 4 is 34.5 Å². The number of hydrogen-bond donors (Lipinski definition) is 4. The van der Waals surface area contributed by atoms with Crippen molar-refractivity contribution < 1.29 is 24.1 Å². The number of amides is 1. The van der Waals surface area contributed by atoms with E-state index in [1.807, 2.05) is 0 Å². The fraction of sp³-hybridized carbons (Fsp3) is 0.261. The van der Waals surface area contributed by atoms with Gasteiger partial charge in [0.15, 0.2) is 35.1 Å². The molecule has 0 bridgehead atoms. The van der Waals surface area contributed by atoms with Crippen LogP contribution >= 0.6 is 11.6 Å². The first-order valence-corrected chi connectivity index (χ1v) is 11.3. The number of benzene rings is 1. The molecule has 5 rings (SSSR count). The van der Waals surface area contributed by atoms with Crippen LogP contribution in [0.25, 0.3) is 22.6 Å². The lowest BCUT2D eigenvalue weighted by Crippen LogP contribution is -2.41. The monoisotopic (exact) mass is 513 g/mol. The lowest BCUT2D eigenvalue weighted by Gasteiger charge is -2.17. The van der Waals surface area contributed by atoms with Crippen molar-refractivity contribution in [1.29, 1.82) is 0 Å². The largest absolute Gasteiger partial charge is 0.387 e. The van der Waals surface area contributed by atoms with Gasteiger partial charge in [0.1, 0.15) is 18.0 Å². The lowest BCUT2D eigenvalue weighted by atomic mass is 10.1. The van der Waals surface area contributed by atoms with Crippen molar-refractivity contribution in [2.45, 2.75) is 31.1 Å². The maximum Gasteiger partial charge on any atom is 0.251 e. The van der Waals surface area contributed by atoms with Crippen molar-refractivity contribution in [2.24, 2.45) is 0 Å². The number of aromatic nitrogens is 5. The van der Waals surface area contributed by atoms with E-state index in [9.17, 15) is 19.4 Å². The van der Waals surface area contributed by atoms with Gasteiger partial charge in [0.2, 0.25) is 0 Å². The summed E-state index contributed by atoms with van der Waals surface area (Å²) in [7, 11) is 1.40. The van der Waals surface area contributed by atoms with Gasteiger partial charge < -0.3 is 25.6 Å². The van der Waals surface area contributed by atoms with Crippen molar-refractivity contribution in [3.8, 4) is 11.4 Å². The Kier molecular flexibility index (Phi) is 6.49. The number of ether oxygens (including phenoxy) is 1. The van der Waals surface area contributed by atoms with E-state index in [1.165, 1.54) is 42.5 Å². The highest BCUT2D eigenvalue weighted by Crippen LogP contribution is 2.34. The van der Waals surface area contributed by atoms with Crippen LogP contribution in [0.4, 0.5) is 10.2 Å². The minimum atomic E-state index is -1.46. The van der Waals surface area contributed by atoms with E-state index < -0.39 is 30.4 Å². The number of hydrogen-bond acceptors (Lipinski definition) is 9. The Morgan fingerprint density at radius 1 is 1.22 bits per heavy atom. The van der Waals surface area contributed by atoms with Gasteiger partial charge in [0.05, 0.1) is 11.3 Å². The molecule has 0 aliphatic carbocycles. The molecule has 4 heterocycles. The normalized spacial score (nSPS) is 21.6. The Hall–Kier alpha value is -3.71. The molecule has 1 amide bonds. The molecule has 0 radical (unpaired) electrons. The highest BCUT2D eigenvalue weighted by Gasteiger charge is 2.47. The molecule has 186 valence electrons. The topological polar surface area (TPSA) is 147 Å². The molecule has 3 aromatic heterocycles. The number of rotatable bonds is 6. The molecule has 4 atom stereocenters. The molecule has 0 spiro atoms. The van der Waals surface area contributed by atoms with Crippen LogP contribution in [-0.4, -0.2) is 66.0 Å². The van der Waals surface area contributed by atoms with E-state index in [2.05, 4.69) is 30.6 Å². The standard InChI is InChI=1S/C23H21ClFN7O4/c1-26-22(35)18-16(33)17(34)23(36-18)32-10-29-15-20(28-7-11-3-2-4-14(25)5-11)30-19(31-21(15)32)12-6-13(24)9-27-8-12/h2-6,8-10,16-18,23,33-34H,7H2,1H3,(H,26,35)(H,28,30,31)/t16?,17?,18-,23?/m1/s1. The highest BCUT2D eigenvalue weighted by atomic mass is 35.5. The summed E-state index contributed by atoms with van der Waals surface area (Å²) < 4.78 is 20.8. The third kappa shape index (κ3) is 4.46. The third-order valence-corrected chi connectivity index (χ3v) is 5.96. The molecule has 1 aromatic carbocycles. The molecular weight excluding hydrogens is 493 g/mol. The average Bonchev–Trinajstić information content (AvgIpc) is 3.43. The van der Waals surface area contributed by atoms with Gasteiger partial charge in [-0.25, -0.2) is 19.3 Å². The second-order valence-electron chi connectivity index (χ2n) is 8.14. The number of carbonyl (C=O) groups excluding carboxylic acids is 1. The fourth-order valence-corrected chi connectivity index (χ4v) is 4.14. The summed E-state index contributed by atoms with van der Waals surface area (Å²) in [5, 5.41) is 27.0. The fourth-order valence-electron chi connectivity index (χ4n) is 3.97. The van der Waals surface area contributed by atoms with Crippen LogP contribution in [0, 0.1) is 5.82 Å². The summed E-state index contributed by atoms with van der Waals surface area (Å²) >= 11 is 6.11. The minimum Gasteiger partial charge on any atom is -0.387 e. The molecule has 1 fully saturated rings. The van der Waals surface area contributed by atoms with Crippen molar-refractivity contribution in [1.82, 2.24) is 29.8 Å². The first kappa shape index (κ1) is 24.0. The van der Waals surface area contributed by atoms with Crippen LogP contribution in [-0.2, 0) is 16.1 Å². The number of aliphatic hydroxyl groups excluding tert-OH is 2.